The van der Waals surface area contributed by atoms with Gasteiger partial charge in [0.1, 0.15) is 0 Å². The van der Waals surface area contributed by atoms with Gasteiger partial charge in [0.05, 0.1) is 17.9 Å². The largest absolute Gasteiger partial charge is 0.340 e. The number of hydrogen-bond donors (Lipinski definition) is 1. The Balaban J connectivity index is 1.72. The zero-order valence-corrected chi connectivity index (χ0v) is 15.0. The van der Waals surface area contributed by atoms with Crippen LogP contribution in [0.3, 0.4) is 0 Å². The Kier molecular flexibility index (Phi) is 4.76. The van der Waals surface area contributed by atoms with Crippen molar-refractivity contribution in [2.24, 2.45) is 0 Å². The molecule has 0 saturated carbocycles. The fourth-order valence-electron chi connectivity index (χ4n) is 2.83. The van der Waals surface area contributed by atoms with Crippen LogP contribution >= 0.6 is 0 Å². The molecule has 1 aliphatic rings. The highest BCUT2D eigenvalue weighted by atomic mass is 32.2. The lowest BCUT2D eigenvalue weighted by Gasteiger charge is -2.29. The van der Waals surface area contributed by atoms with Crippen LogP contribution in [-0.2, 0) is 21.2 Å². The monoisotopic (exact) mass is 364 g/mol. The first-order valence-electron chi connectivity index (χ1n) is 8.05. The van der Waals surface area contributed by atoms with E-state index in [0.717, 1.165) is 12.0 Å². The van der Waals surface area contributed by atoms with Gasteiger partial charge in [-0.1, -0.05) is 5.16 Å². The maximum absolute atomic E-state index is 12.2. The molecule has 25 heavy (non-hydrogen) atoms. The number of amides is 1. The minimum absolute atomic E-state index is 0.0125. The molecule has 1 fully saturated rings. The Labute approximate surface area is 146 Å². The summed E-state index contributed by atoms with van der Waals surface area (Å²) in [6.45, 7) is 3.98. The Morgan fingerprint density at radius 1 is 1.32 bits per heavy atom. The summed E-state index contributed by atoms with van der Waals surface area (Å²) in [4.78, 5) is 16.0. The fourth-order valence-corrected chi connectivity index (χ4v) is 4.54. The van der Waals surface area contributed by atoms with Crippen molar-refractivity contribution in [3.8, 4) is 0 Å². The zero-order chi connectivity index (χ0) is 18.0. The van der Waals surface area contributed by atoms with E-state index in [2.05, 4.69) is 15.5 Å². The van der Waals surface area contributed by atoms with E-state index in [1.807, 2.05) is 6.92 Å². The molecule has 9 heteroatoms. The molecule has 0 unspecified atom stereocenters. The molecular weight excluding hydrogens is 344 g/mol. The van der Waals surface area contributed by atoms with Gasteiger partial charge in [0.25, 0.3) is 0 Å². The third-order valence-corrected chi connectivity index (χ3v) is 5.84. The lowest BCUT2D eigenvalue weighted by atomic mass is 10.1. The highest BCUT2D eigenvalue weighted by Crippen LogP contribution is 2.28. The molecular formula is C16H20N4O4S. The van der Waals surface area contributed by atoms with Gasteiger partial charge < -0.3 is 9.84 Å². The SMILES string of the molecule is Cc1nc(CC(=O)Nc2ccc(N3CCCCS3(=O)=O)c(C)c2)no1. The molecule has 2 heterocycles. The van der Waals surface area contributed by atoms with E-state index in [4.69, 9.17) is 4.52 Å². The first-order chi connectivity index (χ1) is 11.8. The molecule has 1 aromatic carbocycles. The van der Waals surface area contributed by atoms with Crippen LogP contribution in [0.25, 0.3) is 0 Å². The van der Waals surface area contributed by atoms with Crippen LogP contribution in [0, 0.1) is 13.8 Å². The minimum atomic E-state index is -3.25. The van der Waals surface area contributed by atoms with Gasteiger partial charge in [0.2, 0.25) is 21.8 Å². The fraction of sp³-hybridized carbons (Fsp3) is 0.438. The smallest absolute Gasteiger partial charge is 0.235 e. The van der Waals surface area contributed by atoms with E-state index in [-0.39, 0.29) is 18.1 Å². The molecule has 0 bridgehead atoms. The molecule has 2 aromatic rings. The van der Waals surface area contributed by atoms with Gasteiger partial charge in [0, 0.05) is 19.2 Å². The zero-order valence-electron chi connectivity index (χ0n) is 14.2. The number of hydrogen-bond acceptors (Lipinski definition) is 6. The first-order valence-corrected chi connectivity index (χ1v) is 9.66. The van der Waals surface area contributed by atoms with E-state index in [9.17, 15) is 13.2 Å². The van der Waals surface area contributed by atoms with Crippen molar-refractivity contribution in [1.82, 2.24) is 10.1 Å². The number of aromatic nitrogens is 2. The average Bonchev–Trinajstić information content (AvgIpc) is 2.93. The lowest BCUT2D eigenvalue weighted by molar-refractivity contribution is -0.115. The Morgan fingerprint density at radius 3 is 2.76 bits per heavy atom. The molecule has 1 aromatic heterocycles. The van der Waals surface area contributed by atoms with Crippen LogP contribution in [0.2, 0.25) is 0 Å². The van der Waals surface area contributed by atoms with Crippen molar-refractivity contribution in [2.75, 3.05) is 21.9 Å². The Morgan fingerprint density at radius 2 is 2.12 bits per heavy atom. The molecule has 0 radical (unpaired) electrons. The topological polar surface area (TPSA) is 105 Å². The predicted octanol–water partition coefficient (Wildman–Crippen LogP) is 1.80. The van der Waals surface area contributed by atoms with Crippen molar-refractivity contribution in [3.05, 3.63) is 35.5 Å². The van der Waals surface area contributed by atoms with Gasteiger partial charge in [-0.25, -0.2) is 8.42 Å². The first kappa shape index (κ1) is 17.4. The van der Waals surface area contributed by atoms with E-state index < -0.39 is 10.0 Å². The Hall–Kier alpha value is -2.42. The summed E-state index contributed by atoms with van der Waals surface area (Å²) in [7, 11) is -3.25. The van der Waals surface area contributed by atoms with Gasteiger partial charge in [-0.05, 0) is 43.5 Å². The maximum Gasteiger partial charge on any atom is 0.235 e. The molecule has 3 rings (SSSR count). The molecule has 1 N–H and O–H groups in total. The third kappa shape index (κ3) is 3.98. The number of nitrogens with zero attached hydrogens (tertiary/aromatic N) is 3. The lowest BCUT2D eigenvalue weighted by Crippen LogP contribution is -2.38. The summed E-state index contributed by atoms with van der Waals surface area (Å²) >= 11 is 0. The molecule has 0 spiro atoms. The van der Waals surface area contributed by atoms with Gasteiger partial charge in [-0.2, -0.15) is 4.98 Å². The third-order valence-electron chi connectivity index (χ3n) is 3.99. The minimum Gasteiger partial charge on any atom is -0.340 e. The van der Waals surface area contributed by atoms with E-state index in [1.165, 1.54) is 4.31 Å². The number of aryl methyl sites for hydroxylation is 2. The second kappa shape index (κ2) is 6.83. The summed E-state index contributed by atoms with van der Waals surface area (Å²) < 4.78 is 30.8. The molecule has 1 saturated heterocycles. The average molecular weight is 364 g/mol. The van der Waals surface area contributed by atoms with Gasteiger partial charge in [-0.3, -0.25) is 9.10 Å². The van der Waals surface area contributed by atoms with Crippen molar-refractivity contribution in [3.63, 3.8) is 0 Å². The number of sulfonamides is 1. The molecule has 1 amide bonds. The summed E-state index contributed by atoms with van der Waals surface area (Å²) in [5.41, 5.74) is 2.05. The van der Waals surface area contributed by atoms with Crippen LogP contribution in [0.15, 0.2) is 22.7 Å². The van der Waals surface area contributed by atoms with E-state index in [1.54, 1.807) is 25.1 Å². The van der Waals surface area contributed by atoms with Gasteiger partial charge >= 0.3 is 0 Å². The van der Waals surface area contributed by atoms with E-state index >= 15 is 0 Å². The maximum atomic E-state index is 12.2. The van der Waals surface area contributed by atoms with Crippen LogP contribution in [0.5, 0.6) is 0 Å². The van der Waals surface area contributed by atoms with Gasteiger partial charge in [-0.15, -0.1) is 0 Å². The quantitative estimate of drug-likeness (QED) is 0.887. The number of benzene rings is 1. The number of carbonyl (C=O) groups excluding carboxylic acids is 1. The normalized spacial score (nSPS) is 16.6. The standard InChI is InChI=1S/C16H20N4O4S/c1-11-9-13(18-16(21)10-15-17-12(2)24-19-15)5-6-14(11)20-7-3-4-8-25(20,22)23/h5-6,9H,3-4,7-8,10H2,1-2H3,(H,18,21). The van der Waals surface area contributed by atoms with E-state index in [0.29, 0.717) is 36.1 Å². The summed E-state index contributed by atoms with van der Waals surface area (Å²) in [6.07, 6.45) is 1.56. The highest BCUT2D eigenvalue weighted by Gasteiger charge is 2.27. The van der Waals surface area contributed by atoms with Crippen LogP contribution in [0.1, 0.15) is 30.1 Å². The molecule has 1 aliphatic heterocycles. The Bertz CT molecular complexity index is 891. The van der Waals surface area contributed by atoms with Crippen LogP contribution in [-0.4, -0.2) is 36.8 Å². The van der Waals surface area contributed by atoms with Crippen LogP contribution in [0.4, 0.5) is 11.4 Å². The number of carbonyl (C=O) groups is 1. The van der Waals surface area contributed by atoms with Crippen molar-refractivity contribution >= 4 is 27.3 Å². The van der Waals surface area contributed by atoms with Crippen LogP contribution < -0.4 is 9.62 Å². The highest BCUT2D eigenvalue weighted by molar-refractivity contribution is 7.92. The molecule has 0 aliphatic carbocycles. The predicted molar refractivity (Wildman–Crippen MR) is 92.9 cm³/mol. The number of nitrogens with one attached hydrogen (secondary N) is 1. The number of anilines is 2. The van der Waals surface area contributed by atoms with Crippen molar-refractivity contribution < 1.29 is 17.7 Å². The molecule has 134 valence electrons. The molecule has 8 nitrogen and oxygen atoms in total. The van der Waals surface area contributed by atoms with Crippen molar-refractivity contribution in [1.29, 1.82) is 0 Å². The summed E-state index contributed by atoms with van der Waals surface area (Å²) in [6, 6.07) is 5.19. The second-order valence-corrected chi connectivity index (χ2v) is 8.06. The van der Waals surface area contributed by atoms with Gasteiger partial charge in [0.15, 0.2) is 5.82 Å². The summed E-state index contributed by atoms with van der Waals surface area (Å²) in [5, 5.41) is 6.45. The molecule has 0 atom stereocenters. The number of rotatable bonds is 4. The summed E-state index contributed by atoms with van der Waals surface area (Å²) in [5.74, 6) is 0.640. The second-order valence-electron chi connectivity index (χ2n) is 6.05. The van der Waals surface area contributed by atoms with Crippen molar-refractivity contribution in [2.45, 2.75) is 33.1 Å².